The number of nitrogens with two attached hydrogens (primary N) is 1. The second-order valence-corrected chi connectivity index (χ2v) is 5.65. The first-order valence-electron chi connectivity index (χ1n) is 7.66. The molecule has 1 fully saturated rings. The molecule has 1 aromatic heterocycles. The van der Waals surface area contributed by atoms with Crippen LogP contribution in [0.2, 0.25) is 0 Å². The van der Waals surface area contributed by atoms with E-state index in [4.69, 9.17) is 10.7 Å². The molecule has 0 spiro atoms. The van der Waals surface area contributed by atoms with Crippen LogP contribution in [0.1, 0.15) is 36.4 Å². The molecule has 4 nitrogen and oxygen atoms in total. The smallest absolute Gasteiger partial charge is 0.159 e. The molecule has 1 aliphatic carbocycles. The van der Waals surface area contributed by atoms with Crippen molar-refractivity contribution < 1.29 is 0 Å². The van der Waals surface area contributed by atoms with Gasteiger partial charge in [-0.05, 0) is 38.3 Å². The zero-order chi connectivity index (χ0) is 14.7. The molecule has 0 radical (unpaired) electrons. The molecule has 110 valence electrons. The van der Waals surface area contributed by atoms with Gasteiger partial charge in [0.05, 0.1) is 17.6 Å². The van der Waals surface area contributed by atoms with E-state index in [-0.39, 0.29) is 0 Å². The van der Waals surface area contributed by atoms with Crippen molar-refractivity contribution in [1.82, 2.24) is 9.97 Å². The van der Waals surface area contributed by atoms with Crippen molar-refractivity contribution in [3.05, 3.63) is 41.7 Å². The van der Waals surface area contributed by atoms with E-state index in [2.05, 4.69) is 29.4 Å². The van der Waals surface area contributed by atoms with Gasteiger partial charge >= 0.3 is 0 Å². The normalized spacial score (nSPS) is 14.2. The van der Waals surface area contributed by atoms with Crippen molar-refractivity contribution in [3.63, 3.8) is 0 Å². The molecule has 3 rings (SSSR count). The number of nitrogens with zero attached hydrogens (tertiary/aromatic N) is 2. The van der Waals surface area contributed by atoms with Gasteiger partial charge in [0, 0.05) is 18.0 Å². The average Bonchev–Trinajstić information content (AvgIpc) is 3.33. The van der Waals surface area contributed by atoms with E-state index < -0.39 is 0 Å². The van der Waals surface area contributed by atoms with Crippen LogP contribution in [0, 0.1) is 6.92 Å². The summed E-state index contributed by atoms with van der Waals surface area (Å²) in [5, 5.41) is 3.42. The Morgan fingerprint density at radius 3 is 2.81 bits per heavy atom. The summed E-state index contributed by atoms with van der Waals surface area (Å²) in [4.78, 5) is 9.39. The predicted octanol–water partition coefficient (Wildman–Crippen LogP) is 3.09. The molecule has 0 aliphatic heterocycles. The fourth-order valence-corrected chi connectivity index (χ4v) is 2.48. The minimum Gasteiger partial charge on any atom is -0.382 e. The Labute approximate surface area is 125 Å². The Kier molecular flexibility index (Phi) is 4.15. The fraction of sp³-hybridized carbons (Fsp3) is 0.412. The van der Waals surface area contributed by atoms with Crippen LogP contribution in [0.4, 0.5) is 5.69 Å². The Morgan fingerprint density at radius 1 is 1.29 bits per heavy atom. The quantitative estimate of drug-likeness (QED) is 0.799. The molecule has 0 bridgehead atoms. The topological polar surface area (TPSA) is 63.8 Å². The highest BCUT2D eigenvalue weighted by molar-refractivity contribution is 5.62. The third kappa shape index (κ3) is 3.22. The van der Waals surface area contributed by atoms with Gasteiger partial charge in [0.25, 0.3) is 0 Å². The van der Waals surface area contributed by atoms with Crippen molar-refractivity contribution in [2.45, 2.75) is 32.1 Å². The first-order valence-corrected chi connectivity index (χ1v) is 7.66. The van der Waals surface area contributed by atoms with Gasteiger partial charge in [0.1, 0.15) is 0 Å². The summed E-state index contributed by atoms with van der Waals surface area (Å²) < 4.78 is 0. The van der Waals surface area contributed by atoms with E-state index >= 15 is 0 Å². The maximum absolute atomic E-state index is 5.55. The third-order valence-electron chi connectivity index (χ3n) is 3.86. The Hall–Kier alpha value is -1.94. The molecule has 1 heterocycles. The lowest BCUT2D eigenvalue weighted by atomic mass is 10.1. The van der Waals surface area contributed by atoms with Crippen molar-refractivity contribution >= 4 is 5.69 Å². The van der Waals surface area contributed by atoms with Crippen molar-refractivity contribution in [2.75, 3.05) is 18.4 Å². The minimum absolute atomic E-state index is 0.594. The number of anilines is 1. The van der Waals surface area contributed by atoms with Crippen LogP contribution in [0.5, 0.6) is 0 Å². The van der Waals surface area contributed by atoms with Gasteiger partial charge in [0.15, 0.2) is 5.82 Å². The molecule has 3 N–H and O–H groups in total. The molecular formula is C17H22N4. The van der Waals surface area contributed by atoms with Crippen molar-refractivity contribution in [1.29, 1.82) is 0 Å². The second-order valence-electron chi connectivity index (χ2n) is 5.65. The summed E-state index contributed by atoms with van der Waals surface area (Å²) >= 11 is 0. The zero-order valence-corrected chi connectivity index (χ0v) is 12.5. The van der Waals surface area contributed by atoms with E-state index in [1.54, 1.807) is 0 Å². The van der Waals surface area contributed by atoms with Crippen LogP contribution in [-0.4, -0.2) is 23.1 Å². The average molecular weight is 282 g/mol. The molecule has 1 saturated carbocycles. The molecule has 2 aromatic rings. The first kappa shape index (κ1) is 14.0. The van der Waals surface area contributed by atoms with Crippen LogP contribution >= 0.6 is 0 Å². The number of aryl methyl sites for hydroxylation is 1. The summed E-state index contributed by atoms with van der Waals surface area (Å²) in [5.41, 5.74) is 10.1. The van der Waals surface area contributed by atoms with Gasteiger partial charge in [-0.2, -0.15) is 0 Å². The molecule has 1 aliphatic rings. The number of benzene rings is 1. The van der Waals surface area contributed by atoms with Crippen LogP contribution in [-0.2, 0) is 0 Å². The summed E-state index contributed by atoms with van der Waals surface area (Å²) in [6.45, 7) is 3.68. The van der Waals surface area contributed by atoms with E-state index in [1.807, 2.05) is 18.3 Å². The van der Waals surface area contributed by atoms with Crippen molar-refractivity contribution in [2.24, 2.45) is 5.73 Å². The lowest BCUT2D eigenvalue weighted by Gasteiger charge is -2.12. The molecule has 0 atom stereocenters. The van der Waals surface area contributed by atoms with Gasteiger partial charge in [-0.3, -0.25) is 0 Å². The summed E-state index contributed by atoms with van der Waals surface area (Å²) in [7, 11) is 0. The van der Waals surface area contributed by atoms with Gasteiger partial charge in [0.2, 0.25) is 0 Å². The molecule has 0 saturated heterocycles. The Bertz CT molecular complexity index is 620. The Morgan fingerprint density at radius 2 is 2.10 bits per heavy atom. The molecule has 0 amide bonds. The number of hydrogen-bond donors (Lipinski definition) is 2. The molecule has 0 unspecified atom stereocenters. The summed E-state index contributed by atoms with van der Waals surface area (Å²) in [5.74, 6) is 1.43. The SMILES string of the molecule is Cc1ccccc1-c1ncc(NCCCN)c(C2CC2)n1. The highest BCUT2D eigenvalue weighted by atomic mass is 15.0. The number of aromatic nitrogens is 2. The summed E-state index contributed by atoms with van der Waals surface area (Å²) in [6, 6.07) is 8.27. The van der Waals surface area contributed by atoms with Crippen LogP contribution in [0.3, 0.4) is 0 Å². The van der Waals surface area contributed by atoms with E-state index in [0.29, 0.717) is 12.5 Å². The van der Waals surface area contributed by atoms with E-state index in [0.717, 1.165) is 30.0 Å². The maximum Gasteiger partial charge on any atom is 0.159 e. The lowest BCUT2D eigenvalue weighted by Crippen LogP contribution is -2.11. The number of rotatable bonds is 6. The largest absolute Gasteiger partial charge is 0.382 e. The first-order chi connectivity index (χ1) is 10.3. The lowest BCUT2D eigenvalue weighted by molar-refractivity contribution is 0.866. The molecule has 4 heteroatoms. The number of nitrogens with one attached hydrogen (secondary N) is 1. The van der Waals surface area contributed by atoms with E-state index in [1.165, 1.54) is 24.1 Å². The van der Waals surface area contributed by atoms with Crippen molar-refractivity contribution in [3.8, 4) is 11.4 Å². The third-order valence-corrected chi connectivity index (χ3v) is 3.86. The molecule has 21 heavy (non-hydrogen) atoms. The standard InChI is InChI=1S/C17H22N4/c1-12-5-2-3-6-14(12)17-20-11-15(19-10-4-9-18)16(21-17)13-7-8-13/h2-3,5-6,11,13,19H,4,7-10,18H2,1H3. The van der Waals surface area contributed by atoms with Gasteiger partial charge in [-0.15, -0.1) is 0 Å². The predicted molar refractivity (Wildman–Crippen MR) is 86.3 cm³/mol. The Balaban J connectivity index is 1.90. The molecular weight excluding hydrogens is 260 g/mol. The van der Waals surface area contributed by atoms with Crippen LogP contribution < -0.4 is 11.1 Å². The van der Waals surface area contributed by atoms with Crippen LogP contribution in [0.15, 0.2) is 30.5 Å². The fourth-order valence-electron chi connectivity index (χ4n) is 2.48. The van der Waals surface area contributed by atoms with Gasteiger partial charge < -0.3 is 11.1 Å². The van der Waals surface area contributed by atoms with Gasteiger partial charge in [-0.25, -0.2) is 9.97 Å². The highest BCUT2D eigenvalue weighted by Crippen LogP contribution is 2.42. The highest BCUT2D eigenvalue weighted by Gasteiger charge is 2.28. The summed E-state index contributed by atoms with van der Waals surface area (Å²) in [6.07, 6.45) is 5.36. The van der Waals surface area contributed by atoms with Crippen LogP contribution in [0.25, 0.3) is 11.4 Å². The molecule has 1 aromatic carbocycles. The zero-order valence-electron chi connectivity index (χ0n) is 12.5. The second kappa shape index (κ2) is 6.22. The number of hydrogen-bond acceptors (Lipinski definition) is 4. The van der Waals surface area contributed by atoms with E-state index in [9.17, 15) is 0 Å². The monoisotopic (exact) mass is 282 g/mol. The minimum atomic E-state index is 0.594. The maximum atomic E-state index is 5.55. The van der Waals surface area contributed by atoms with Gasteiger partial charge in [-0.1, -0.05) is 24.3 Å².